The van der Waals surface area contributed by atoms with Crippen molar-refractivity contribution in [3.63, 3.8) is 0 Å². The molecule has 0 radical (unpaired) electrons. The molecule has 1 saturated heterocycles. The first-order chi connectivity index (χ1) is 24.3. The van der Waals surface area contributed by atoms with Gasteiger partial charge < -0.3 is 31.7 Å². The summed E-state index contributed by atoms with van der Waals surface area (Å²) < 4.78 is 4.97. The van der Waals surface area contributed by atoms with Crippen LogP contribution in [-0.2, 0) is 40.1 Å². The number of unbranched alkanes of at least 4 members (excludes halogenated alkanes) is 2. The Hall–Kier alpha value is -4.49. The summed E-state index contributed by atoms with van der Waals surface area (Å²) in [5.74, 6) is -2.65. The predicted molar refractivity (Wildman–Crippen MR) is 199 cm³/mol. The quantitative estimate of drug-likeness (QED) is 0.0807. The molecule has 14 nitrogen and oxygen atoms in total. The standard InChI is InChI=1S/C31H46N6O8.3C2H6/c1-19(2)27(36-25(39)10-6-5-7-16-37-26(40)17-20(3)30(37)43)29(42)35-24(9-8-15-33-31(32)44)28(41)34-23-13-11-22(12-14-23)18-45-21(4)38;3*1-2/h11-14,19-20,24,27H,5-10,15-18H2,1-4H3,(H,34,41)(H,35,42)(H,36,39)(H3,32,33,44);3*1-2H3. The lowest BCUT2D eigenvalue weighted by Gasteiger charge is -2.25. The van der Waals surface area contributed by atoms with E-state index < -0.39 is 35.9 Å². The van der Waals surface area contributed by atoms with Gasteiger partial charge in [0, 0.05) is 44.5 Å². The molecule has 0 aliphatic carbocycles. The second-order valence-corrected chi connectivity index (χ2v) is 11.5. The molecule has 1 aliphatic heterocycles. The molecule has 290 valence electrons. The van der Waals surface area contributed by atoms with Gasteiger partial charge in [-0.1, -0.05) is 80.9 Å². The van der Waals surface area contributed by atoms with Crippen LogP contribution in [0, 0.1) is 11.8 Å². The first-order valence-corrected chi connectivity index (χ1v) is 18.3. The van der Waals surface area contributed by atoms with Gasteiger partial charge in [0.2, 0.25) is 29.5 Å². The van der Waals surface area contributed by atoms with Crippen molar-refractivity contribution in [3.05, 3.63) is 29.8 Å². The SMILES string of the molecule is CC.CC.CC.CC(=O)OCc1ccc(NC(=O)C(CCCNC(N)=O)NC(=O)C(NC(=O)CCCCCN2C(=O)CC(C)C2=O)C(C)C)cc1. The van der Waals surface area contributed by atoms with Crippen LogP contribution in [0.25, 0.3) is 0 Å². The van der Waals surface area contributed by atoms with E-state index in [2.05, 4.69) is 21.3 Å². The zero-order valence-corrected chi connectivity index (χ0v) is 32.5. The molecule has 1 aliphatic rings. The number of nitrogens with one attached hydrogen (secondary N) is 4. The third kappa shape index (κ3) is 20.1. The van der Waals surface area contributed by atoms with Crippen molar-refractivity contribution in [2.45, 2.75) is 133 Å². The topological polar surface area (TPSA) is 206 Å². The van der Waals surface area contributed by atoms with Gasteiger partial charge in [0.05, 0.1) is 0 Å². The Kier molecular flexibility index (Phi) is 26.9. The number of carbonyl (C=O) groups is 7. The molecule has 51 heavy (non-hydrogen) atoms. The number of amides is 7. The number of urea groups is 1. The molecular weight excluding hydrogens is 656 g/mol. The highest BCUT2D eigenvalue weighted by atomic mass is 16.5. The number of nitrogens with zero attached hydrogens (tertiary/aromatic N) is 1. The number of hydrogen-bond acceptors (Lipinski definition) is 8. The fourth-order valence-electron chi connectivity index (χ4n) is 4.74. The molecule has 3 unspecified atom stereocenters. The van der Waals surface area contributed by atoms with Gasteiger partial charge in [-0.05, 0) is 49.3 Å². The highest BCUT2D eigenvalue weighted by molar-refractivity contribution is 6.03. The Morgan fingerprint density at radius 1 is 0.882 bits per heavy atom. The average Bonchev–Trinajstić information content (AvgIpc) is 3.35. The molecule has 1 aromatic rings. The van der Waals surface area contributed by atoms with Crippen molar-refractivity contribution < 1.29 is 38.3 Å². The van der Waals surface area contributed by atoms with Crippen LogP contribution in [0.2, 0.25) is 0 Å². The number of likely N-dealkylation sites (tertiary alicyclic amines) is 1. The minimum absolute atomic E-state index is 0.0946. The molecule has 0 bridgehead atoms. The molecule has 1 heterocycles. The van der Waals surface area contributed by atoms with E-state index in [-0.39, 0.29) is 62.0 Å². The smallest absolute Gasteiger partial charge is 0.312 e. The third-order valence-electron chi connectivity index (χ3n) is 7.29. The highest BCUT2D eigenvalue weighted by Gasteiger charge is 2.35. The summed E-state index contributed by atoms with van der Waals surface area (Å²) in [7, 11) is 0. The van der Waals surface area contributed by atoms with Gasteiger partial charge in [0.15, 0.2) is 0 Å². The summed E-state index contributed by atoms with van der Waals surface area (Å²) in [6.07, 6.45) is 2.65. The Morgan fingerprint density at radius 3 is 2.00 bits per heavy atom. The number of primary amides is 1. The summed E-state index contributed by atoms with van der Waals surface area (Å²) in [6, 6.07) is 4.08. The van der Waals surface area contributed by atoms with Gasteiger partial charge in [-0.15, -0.1) is 0 Å². The minimum atomic E-state index is -0.982. The Bertz CT molecular complexity index is 1220. The van der Waals surface area contributed by atoms with Crippen molar-refractivity contribution in [3.8, 4) is 0 Å². The number of imide groups is 1. The largest absolute Gasteiger partial charge is 0.461 e. The van der Waals surface area contributed by atoms with E-state index >= 15 is 0 Å². The van der Waals surface area contributed by atoms with Crippen molar-refractivity contribution in [1.82, 2.24) is 20.9 Å². The van der Waals surface area contributed by atoms with Gasteiger partial charge in [-0.2, -0.15) is 0 Å². The Balaban J connectivity index is 0. The Labute approximate surface area is 304 Å². The van der Waals surface area contributed by atoms with Crippen LogP contribution < -0.4 is 27.0 Å². The maximum absolute atomic E-state index is 13.3. The van der Waals surface area contributed by atoms with E-state index in [1.165, 1.54) is 11.8 Å². The van der Waals surface area contributed by atoms with E-state index in [0.717, 1.165) is 5.56 Å². The second kappa shape index (κ2) is 28.2. The fourth-order valence-corrected chi connectivity index (χ4v) is 4.74. The molecular formula is C37H64N6O8. The lowest BCUT2D eigenvalue weighted by atomic mass is 10.0. The van der Waals surface area contributed by atoms with Crippen LogP contribution in [-0.4, -0.2) is 71.6 Å². The van der Waals surface area contributed by atoms with Crippen LogP contribution in [0.3, 0.4) is 0 Å². The average molecular weight is 721 g/mol. The number of benzene rings is 1. The van der Waals surface area contributed by atoms with Crippen LogP contribution >= 0.6 is 0 Å². The van der Waals surface area contributed by atoms with Crippen LogP contribution in [0.1, 0.15) is 120 Å². The maximum Gasteiger partial charge on any atom is 0.312 e. The fraction of sp³-hybridized carbons (Fsp3) is 0.649. The van der Waals surface area contributed by atoms with Crippen molar-refractivity contribution in [2.75, 3.05) is 18.4 Å². The normalized spacial score (nSPS) is 14.3. The molecule has 7 amide bonds. The molecule has 0 saturated carbocycles. The first kappa shape index (κ1) is 48.6. The number of hydrogen-bond donors (Lipinski definition) is 5. The number of nitrogens with two attached hydrogens (primary N) is 1. The minimum Gasteiger partial charge on any atom is -0.461 e. The second-order valence-electron chi connectivity index (χ2n) is 11.5. The van der Waals surface area contributed by atoms with Crippen molar-refractivity contribution >= 4 is 47.2 Å². The maximum atomic E-state index is 13.3. The lowest BCUT2D eigenvalue weighted by molar-refractivity contribution is -0.142. The molecule has 14 heteroatoms. The van der Waals surface area contributed by atoms with Gasteiger partial charge in [-0.3, -0.25) is 33.7 Å². The molecule has 1 aromatic carbocycles. The molecule has 2 rings (SSSR count). The van der Waals surface area contributed by atoms with E-state index in [9.17, 15) is 33.6 Å². The van der Waals surface area contributed by atoms with Crippen LogP contribution in [0.15, 0.2) is 24.3 Å². The molecule has 3 atom stereocenters. The van der Waals surface area contributed by atoms with E-state index in [4.69, 9.17) is 10.5 Å². The lowest BCUT2D eigenvalue weighted by Crippen LogP contribution is -2.54. The van der Waals surface area contributed by atoms with E-state index in [0.29, 0.717) is 37.9 Å². The Morgan fingerprint density at radius 2 is 1.49 bits per heavy atom. The molecule has 6 N–H and O–H groups in total. The number of rotatable bonds is 18. The van der Waals surface area contributed by atoms with Crippen LogP contribution in [0.4, 0.5) is 10.5 Å². The number of carbonyl (C=O) groups excluding carboxylic acids is 7. The molecule has 0 aromatic heterocycles. The first-order valence-electron chi connectivity index (χ1n) is 18.3. The summed E-state index contributed by atoms with van der Waals surface area (Å²) in [5, 5.41) is 10.7. The van der Waals surface area contributed by atoms with Gasteiger partial charge in [0.1, 0.15) is 18.7 Å². The van der Waals surface area contributed by atoms with Gasteiger partial charge >= 0.3 is 12.0 Å². The van der Waals surface area contributed by atoms with E-state index in [1.54, 1.807) is 45.0 Å². The zero-order chi connectivity index (χ0) is 39.5. The number of esters is 1. The summed E-state index contributed by atoms with van der Waals surface area (Å²) in [4.78, 5) is 86.6. The summed E-state index contributed by atoms with van der Waals surface area (Å²) in [6.45, 7) is 19.2. The van der Waals surface area contributed by atoms with Gasteiger partial charge in [0.25, 0.3) is 0 Å². The van der Waals surface area contributed by atoms with Crippen molar-refractivity contribution in [2.24, 2.45) is 17.6 Å². The monoisotopic (exact) mass is 720 g/mol. The summed E-state index contributed by atoms with van der Waals surface area (Å²) >= 11 is 0. The van der Waals surface area contributed by atoms with E-state index in [1.807, 2.05) is 41.5 Å². The molecule has 0 spiro atoms. The molecule has 1 fully saturated rings. The van der Waals surface area contributed by atoms with Crippen molar-refractivity contribution in [1.29, 1.82) is 0 Å². The third-order valence-corrected chi connectivity index (χ3v) is 7.29. The van der Waals surface area contributed by atoms with Crippen LogP contribution in [0.5, 0.6) is 0 Å². The number of ether oxygens (including phenoxy) is 1. The predicted octanol–water partition coefficient (Wildman–Crippen LogP) is 4.80. The number of anilines is 1. The van der Waals surface area contributed by atoms with Gasteiger partial charge in [-0.25, -0.2) is 4.79 Å². The zero-order valence-electron chi connectivity index (χ0n) is 32.5. The highest BCUT2D eigenvalue weighted by Crippen LogP contribution is 2.19. The summed E-state index contributed by atoms with van der Waals surface area (Å²) in [5.41, 5.74) is 6.31.